The molecule has 2 aliphatic rings. The normalized spacial score (nSPS) is 13.1. The highest BCUT2D eigenvalue weighted by atomic mass is 31.1. The van der Waals surface area contributed by atoms with Crippen LogP contribution in [0.4, 0.5) is 0 Å². The van der Waals surface area contributed by atoms with Crippen molar-refractivity contribution in [2.45, 2.75) is 6.10 Å². The molecular weight excluding hydrogens is 610 g/mol. The summed E-state index contributed by atoms with van der Waals surface area (Å²) >= 11 is 0. The van der Waals surface area contributed by atoms with E-state index in [1.807, 2.05) is 36.4 Å². The Kier molecular flexibility index (Phi) is 7.90. The zero-order valence-electron chi connectivity index (χ0n) is 24.8. The number of rotatable bonds is 8. The van der Waals surface area contributed by atoms with Crippen LogP contribution < -0.4 is 50.8 Å². The molecule has 2 heterocycles. The van der Waals surface area contributed by atoms with Gasteiger partial charge in [0.2, 0.25) is 13.6 Å². The van der Waals surface area contributed by atoms with E-state index in [-0.39, 0.29) is 13.6 Å². The molecule has 2 aliphatic heterocycles. The number of hydrogen-bond donors (Lipinski definition) is 1. The highest BCUT2D eigenvalue weighted by Gasteiger charge is 2.37. The maximum atomic E-state index is 12.9. The van der Waals surface area contributed by atoms with Crippen LogP contribution in [0.25, 0.3) is 0 Å². The van der Waals surface area contributed by atoms with Crippen molar-refractivity contribution in [2.24, 2.45) is 0 Å². The standard InChI is InChI=1S/C39H30O5P2/c40-37(35-33(23-21-31-38(35)43-25-41-31)45(27-13-5-1-6-14-27)28-15-7-2-8-16-28)36-34(24-22-32-39(36)44-26-42-32)46(29-17-9-3-10-18-29)30-19-11-4-12-20-30/h1-24,37,40H,25-26H2. The van der Waals surface area contributed by atoms with Gasteiger partial charge in [0.05, 0.1) is 0 Å². The summed E-state index contributed by atoms with van der Waals surface area (Å²) in [5, 5.41) is 19.6. The number of fused-ring (bicyclic) bond motifs is 2. The predicted molar refractivity (Wildman–Crippen MR) is 187 cm³/mol. The second-order valence-electron chi connectivity index (χ2n) is 10.9. The Morgan fingerprint density at radius 1 is 0.413 bits per heavy atom. The molecule has 0 fully saturated rings. The van der Waals surface area contributed by atoms with Crippen molar-refractivity contribution >= 4 is 47.7 Å². The van der Waals surface area contributed by atoms with Gasteiger partial charge in [-0.2, -0.15) is 0 Å². The Balaban J connectivity index is 1.39. The lowest BCUT2D eigenvalue weighted by Gasteiger charge is -2.29. The van der Waals surface area contributed by atoms with Crippen molar-refractivity contribution in [1.29, 1.82) is 0 Å². The van der Waals surface area contributed by atoms with Gasteiger partial charge in [-0.3, -0.25) is 0 Å². The average Bonchev–Trinajstić information content (AvgIpc) is 3.80. The zero-order valence-corrected chi connectivity index (χ0v) is 26.6. The van der Waals surface area contributed by atoms with Crippen LogP contribution in [-0.4, -0.2) is 18.7 Å². The lowest BCUT2D eigenvalue weighted by atomic mass is 9.98. The molecule has 8 rings (SSSR count). The van der Waals surface area contributed by atoms with E-state index in [1.54, 1.807) is 0 Å². The van der Waals surface area contributed by atoms with Gasteiger partial charge in [-0.05, 0) is 71.9 Å². The Hall–Kier alpha value is -4.66. The van der Waals surface area contributed by atoms with E-state index in [9.17, 15) is 5.11 Å². The Labute approximate surface area is 270 Å². The van der Waals surface area contributed by atoms with Gasteiger partial charge in [0.1, 0.15) is 6.10 Å². The molecule has 1 N–H and O–H groups in total. The van der Waals surface area contributed by atoms with Gasteiger partial charge in [0.15, 0.2) is 23.0 Å². The molecule has 0 saturated heterocycles. The van der Waals surface area contributed by atoms with E-state index in [4.69, 9.17) is 18.9 Å². The first kappa shape index (κ1) is 28.8. The summed E-state index contributed by atoms with van der Waals surface area (Å²) in [5.74, 6) is 2.37. The van der Waals surface area contributed by atoms with Crippen molar-refractivity contribution in [1.82, 2.24) is 0 Å². The van der Waals surface area contributed by atoms with Crippen LogP contribution in [0.1, 0.15) is 17.2 Å². The third-order valence-electron chi connectivity index (χ3n) is 8.20. The molecule has 0 unspecified atom stereocenters. The average molecular weight is 641 g/mol. The molecule has 0 bridgehead atoms. The number of aliphatic hydroxyl groups is 1. The summed E-state index contributed by atoms with van der Waals surface area (Å²) in [5.41, 5.74) is 1.38. The summed E-state index contributed by atoms with van der Waals surface area (Å²) in [4.78, 5) is 0. The third-order valence-corrected chi connectivity index (χ3v) is 13.2. The summed E-state index contributed by atoms with van der Waals surface area (Å²) in [6, 6.07) is 50.0. The van der Waals surface area contributed by atoms with Gasteiger partial charge < -0.3 is 24.1 Å². The van der Waals surface area contributed by atoms with Gasteiger partial charge >= 0.3 is 0 Å². The number of benzene rings is 6. The Bertz CT molecular complexity index is 1750. The fourth-order valence-electron chi connectivity index (χ4n) is 6.19. The van der Waals surface area contributed by atoms with E-state index < -0.39 is 21.9 Å². The van der Waals surface area contributed by atoms with Crippen LogP contribution in [0.5, 0.6) is 23.0 Å². The lowest BCUT2D eigenvalue weighted by molar-refractivity contribution is 0.163. The maximum Gasteiger partial charge on any atom is 0.231 e. The predicted octanol–water partition coefficient (Wildman–Crippen LogP) is 5.74. The van der Waals surface area contributed by atoms with Gasteiger partial charge in [-0.15, -0.1) is 0 Å². The molecule has 6 aromatic rings. The van der Waals surface area contributed by atoms with Crippen molar-refractivity contribution in [3.63, 3.8) is 0 Å². The monoisotopic (exact) mass is 640 g/mol. The SMILES string of the molecule is OC(c1c(P(c2ccccc2)c2ccccc2)ccc2c1OCO2)c1c(P(c2ccccc2)c2ccccc2)ccc2c1OCO2. The van der Waals surface area contributed by atoms with Crippen molar-refractivity contribution in [3.05, 3.63) is 157 Å². The summed E-state index contributed by atoms with van der Waals surface area (Å²) in [6.07, 6.45) is -1.10. The third kappa shape index (κ3) is 5.21. The molecule has 0 saturated carbocycles. The highest BCUT2D eigenvalue weighted by molar-refractivity contribution is 7.80. The molecule has 0 spiro atoms. The first-order valence-electron chi connectivity index (χ1n) is 15.1. The van der Waals surface area contributed by atoms with E-state index >= 15 is 0 Å². The number of aliphatic hydroxyl groups excluding tert-OH is 1. The van der Waals surface area contributed by atoms with Gasteiger partial charge in [0.25, 0.3) is 0 Å². The molecule has 5 nitrogen and oxygen atoms in total. The van der Waals surface area contributed by atoms with E-state index in [2.05, 4.69) is 109 Å². The fourth-order valence-corrected chi connectivity index (χ4v) is 11.2. The minimum atomic E-state index is -1.10. The molecule has 7 heteroatoms. The van der Waals surface area contributed by atoms with E-state index in [0.717, 1.165) is 10.6 Å². The van der Waals surface area contributed by atoms with Gasteiger partial charge in [-0.25, -0.2) is 0 Å². The van der Waals surface area contributed by atoms with E-state index in [0.29, 0.717) is 34.1 Å². The summed E-state index contributed by atoms with van der Waals surface area (Å²) in [6.45, 7) is 0.181. The number of hydrogen-bond acceptors (Lipinski definition) is 5. The number of ether oxygens (including phenoxy) is 4. The maximum absolute atomic E-state index is 12.9. The minimum absolute atomic E-state index is 0.0905. The first-order chi connectivity index (χ1) is 22.8. The van der Waals surface area contributed by atoms with Gasteiger partial charge in [0, 0.05) is 11.1 Å². The molecule has 0 atom stereocenters. The first-order valence-corrected chi connectivity index (χ1v) is 17.8. The van der Waals surface area contributed by atoms with Crippen LogP contribution in [0.15, 0.2) is 146 Å². The molecule has 0 amide bonds. The Morgan fingerprint density at radius 2 is 0.739 bits per heavy atom. The van der Waals surface area contributed by atoms with Crippen LogP contribution >= 0.6 is 15.8 Å². The highest BCUT2D eigenvalue weighted by Crippen LogP contribution is 2.50. The van der Waals surface area contributed by atoms with Crippen molar-refractivity contribution < 1.29 is 24.1 Å². The molecule has 46 heavy (non-hydrogen) atoms. The van der Waals surface area contributed by atoms with Crippen molar-refractivity contribution in [2.75, 3.05) is 13.6 Å². The fraction of sp³-hybridized carbons (Fsp3) is 0.0769. The van der Waals surface area contributed by atoms with Crippen LogP contribution in [0.2, 0.25) is 0 Å². The molecule has 226 valence electrons. The Morgan fingerprint density at radius 3 is 1.07 bits per heavy atom. The van der Waals surface area contributed by atoms with Crippen LogP contribution in [0.3, 0.4) is 0 Å². The largest absolute Gasteiger partial charge is 0.454 e. The molecule has 0 aromatic heterocycles. The molecule has 6 aromatic carbocycles. The van der Waals surface area contributed by atoms with E-state index in [1.165, 1.54) is 21.2 Å². The lowest BCUT2D eigenvalue weighted by Crippen LogP contribution is -2.29. The second-order valence-corrected chi connectivity index (χ2v) is 15.3. The quantitative estimate of drug-likeness (QED) is 0.215. The zero-order chi connectivity index (χ0) is 30.9. The van der Waals surface area contributed by atoms with Crippen molar-refractivity contribution in [3.8, 4) is 23.0 Å². The summed E-state index contributed by atoms with van der Waals surface area (Å²) in [7, 11) is -2.15. The van der Waals surface area contributed by atoms with Crippen LogP contribution in [-0.2, 0) is 0 Å². The molecular formula is C39H30O5P2. The van der Waals surface area contributed by atoms with Crippen LogP contribution in [0, 0.1) is 0 Å². The summed E-state index contributed by atoms with van der Waals surface area (Å²) < 4.78 is 24.2. The second kappa shape index (κ2) is 12.6. The molecule has 0 aliphatic carbocycles. The minimum Gasteiger partial charge on any atom is -0.454 e. The topological polar surface area (TPSA) is 57.2 Å². The smallest absolute Gasteiger partial charge is 0.231 e. The van der Waals surface area contributed by atoms with Gasteiger partial charge in [-0.1, -0.05) is 121 Å². The molecule has 0 radical (unpaired) electrons.